The normalized spacial score (nSPS) is 15.5. The number of ether oxygens (including phenoxy) is 1. The van der Waals surface area contributed by atoms with E-state index < -0.39 is 0 Å². The number of nitrogens with zero attached hydrogens (tertiary/aromatic N) is 3. The van der Waals surface area contributed by atoms with Crippen LogP contribution >= 0.6 is 11.6 Å². The summed E-state index contributed by atoms with van der Waals surface area (Å²) in [5.74, 6) is 0.478. The lowest BCUT2D eigenvalue weighted by atomic mass is 9.97. The second kappa shape index (κ2) is 8.68. The van der Waals surface area contributed by atoms with E-state index in [0.29, 0.717) is 28.4 Å². The van der Waals surface area contributed by atoms with Crippen LogP contribution in [0.15, 0.2) is 84.0 Å². The molecule has 1 aromatic heterocycles. The number of benzene rings is 3. The van der Waals surface area contributed by atoms with Gasteiger partial charge in [-0.2, -0.15) is 5.10 Å². The van der Waals surface area contributed by atoms with Gasteiger partial charge in [0.05, 0.1) is 18.9 Å². The number of para-hydroxylation sites is 1. The lowest BCUT2D eigenvalue weighted by Crippen LogP contribution is -2.27. The maximum absolute atomic E-state index is 13.5. The molecular formula is C27H22ClN3O2. The van der Waals surface area contributed by atoms with Crippen molar-refractivity contribution in [3.05, 3.63) is 106 Å². The Morgan fingerprint density at radius 1 is 1.03 bits per heavy atom. The van der Waals surface area contributed by atoms with E-state index in [-0.39, 0.29) is 11.9 Å². The molecule has 0 radical (unpaired) electrons. The van der Waals surface area contributed by atoms with Gasteiger partial charge >= 0.3 is 0 Å². The van der Waals surface area contributed by atoms with Gasteiger partial charge in [-0.15, -0.1) is 0 Å². The fourth-order valence-electron chi connectivity index (χ4n) is 4.22. The zero-order valence-corrected chi connectivity index (χ0v) is 19.1. The summed E-state index contributed by atoms with van der Waals surface area (Å²) in [6.07, 6.45) is 0.541. The number of hydrogen-bond donors (Lipinski definition) is 0. The van der Waals surface area contributed by atoms with E-state index in [9.17, 15) is 4.79 Å². The number of amides is 1. The van der Waals surface area contributed by atoms with Crippen LogP contribution in [0.25, 0.3) is 10.9 Å². The van der Waals surface area contributed by atoms with Crippen LogP contribution in [0.1, 0.15) is 39.5 Å². The van der Waals surface area contributed by atoms with Crippen molar-refractivity contribution in [1.29, 1.82) is 0 Å². The van der Waals surface area contributed by atoms with Gasteiger partial charge in [-0.05, 0) is 36.8 Å². The number of carbonyl (C=O) groups excluding carboxylic acids is 1. The van der Waals surface area contributed by atoms with Crippen molar-refractivity contribution >= 4 is 34.1 Å². The van der Waals surface area contributed by atoms with Crippen molar-refractivity contribution in [3.63, 3.8) is 0 Å². The molecule has 0 unspecified atom stereocenters. The first kappa shape index (κ1) is 21.2. The number of methoxy groups -OCH3 is 1. The van der Waals surface area contributed by atoms with E-state index in [1.54, 1.807) is 24.3 Å². The van der Waals surface area contributed by atoms with E-state index in [0.717, 1.165) is 27.8 Å². The summed E-state index contributed by atoms with van der Waals surface area (Å²) in [6.45, 7) is 2.04. The van der Waals surface area contributed by atoms with Gasteiger partial charge in [-0.3, -0.25) is 4.79 Å². The van der Waals surface area contributed by atoms with Crippen molar-refractivity contribution in [1.82, 2.24) is 9.99 Å². The van der Waals surface area contributed by atoms with Crippen LogP contribution in [0.4, 0.5) is 0 Å². The summed E-state index contributed by atoms with van der Waals surface area (Å²) in [7, 11) is 1.61. The Morgan fingerprint density at radius 2 is 1.82 bits per heavy atom. The predicted molar refractivity (Wildman–Crippen MR) is 131 cm³/mol. The van der Waals surface area contributed by atoms with Crippen LogP contribution in [0, 0.1) is 6.92 Å². The number of pyridine rings is 1. The van der Waals surface area contributed by atoms with Crippen molar-refractivity contribution in [2.24, 2.45) is 5.10 Å². The SMILES string of the molecule is COc1cccc2cc([C@@H]3CC(c4cccc(C)c4)=NN3C(=O)c3ccccc3)c(Cl)nc12. The minimum absolute atomic E-state index is 0.176. The Morgan fingerprint density at radius 3 is 2.58 bits per heavy atom. The molecule has 4 aromatic rings. The molecule has 164 valence electrons. The molecule has 0 spiro atoms. The summed E-state index contributed by atoms with van der Waals surface area (Å²) >= 11 is 6.69. The number of rotatable bonds is 4. The fourth-order valence-corrected chi connectivity index (χ4v) is 4.48. The summed E-state index contributed by atoms with van der Waals surface area (Å²) in [5, 5.41) is 7.55. The Labute approximate surface area is 197 Å². The number of halogens is 1. The first-order valence-electron chi connectivity index (χ1n) is 10.7. The summed E-state index contributed by atoms with van der Waals surface area (Å²) < 4.78 is 5.44. The molecule has 0 N–H and O–H groups in total. The zero-order chi connectivity index (χ0) is 22.9. The molecule has 0 saturated heterocycles. The van der Waals surface area contributed by atoms with Gasteiger partial charge in [0.1, 0.15) is 16.4 Å². The molecule has 3 aromatic carbocycles. The molecule has 0 saturated carbocycles. The highest BCUT2D eigenvalue weighted by Gasteiger charge is 2.35. The topological polar surface area (TPSA) is 54.8 Å². The van der Waals surface area contributed by atoms with Crippen molar-refractivity contribution < 1.29 is 9.53 Å². The highest BCUT2D eigenvalue weighted by molar-refractivity contribution is 6.30. The third-order valence-electron chi connectivity index (χ3n) is 5.86. The highest BCUT2D eigenvalue weighted by Crippen LogP contribution is 2.39. The molecule has 1 amide bonds. The molecule has 1 aliphatic heterocycles. The Balaban J connectivity index is 1.62. The molecule has 1 aliphatic rings. The van der Waals surface area contributed by atoms with Crippen LogP contribution in [0.2, 0.25) is 5.15 Å². The predicted octanol–water partition coefficient (Wildman–Crippen LogP) is 6.20. The molecule has 2 heterocycles. The van der Waals surface area contributed by atoms with Gasteiger partial charge in [0.15, 0.2) is 0 Å². The van der Waals surface area contributed by atoms with E-state index >= 15 is 0 Å². The minimum atomic E-state index is -0.371. The highest BCUT2D eigenvalue weighted by atomic mass is 35.5. The Kier molecular flexibility index (Phi) is 5.56. The summed E-state index contributed by atoms with van der Waals surface area (Å²) in [4.78, 5) is 18.1. The van der Waals surface area contributed by atoms with E-state index in [4.69, 9.17) is 21.4 Å². The maximum Gasteiger partial charge on any atom is 0.274 e. The number of hydrazone groups is 1. The molecule has 5 nitrogen and oxygen atoms in total. The average molecular weight is 456 g/mol. The standard InChI is InChI=1S/C27H22ClN3O2/c1-17-8-6-11-19(14-17)22-16-23(31(30-22)27(32)18-9-4-3-5-10-18)21-15-20-12-7-13-24(33-2)25(20)29-26(21)28/h3-15,23H,16H2,1-2H3/t23-/m0/s1. The van der Waals surface area contributed by atoms with Crippen LogP contribution < -0.4 is 4.74 Å². The van der Waals surface area contributed by atoms with Gasteiger partial charge in [-0.1, -0.05) is 71.8 Å². The lowest BCUT2D eigenvalue weighted by molar-refractivity contribution is 0.0711. The van der Waals surface area contributed by atoms with Gasteiger partial charge in [0.25, 0.3) is 5.91 Å². The molecule has 0 aliphatic carbocycles. The second-order valence-corrected chi connectivity index (χ2v) is 8.41. The number of hydrogen-bond acceptors (Lipinski definition) is 4. The van der Waals surface area contributed by atoms with Crippen LogP contribution in [-0.2, 0) is 0 Å². The van der Waals surface area contributed by atoms with Crippen molar-refractivity contribution in [2.45, 2.75) is 19.4 Å². The molecule has 33 heavy (non-hydrogen) atoms. The van der Waals surface area contributed by atoms with Gasteiger partial charge in [0, 0.05) is 22.9 Å². The van der Waals surface area contributed by atoms with E-state index in [1.165, 1.54) is 0 Å². The number of fused-ring (bicyclic) bond motifs is 1. The van der Waals surface area contributed by atoms with Gasteiger partial charge in [-0.25, -0.2) is 9.99 Å². The average Bonchev–Trinajstić information content (AvgIpc) is 3.28. The first-order chi connectivity index (χ1) is 16.0. The Hall–Kier alpha value is -3.70. The molecule has 6 heteroatoms. The van der Waals surface area contributed by atoms with Gasteiger partial charge < -0.3 is 4.74 Å². The largest absolute Gasteiger partial charge is 0.494 e. The minimum Gasteiger partial charge on any atom is -0.494 e. The molecule has 5 rings (SSSR count). The second-order valence-electron chi connectivity index (χ2n) is 8.05. The van der Waals surface area contributed by atoms with E-state index in [2.05, 4.69) is 11.1 Å². The van der Waals surface area contributed by atoms with Crippen LogP contribution in [0.3, 0.4) is 0 Å². The first-order valence-corrected chi connectivity index (χ1v) is 11.1. The maximum atomic E-state index is 13.5. The van der Waals surface area contributed by atoms with Crippen LogP contribution in [-0.4, -0.2) is 28.7 Å². The third kappa shape index (κ3) is 3.96. The third-order valence-corrected chi connectivity index (χ3v) is 6.16. The van der Waals surface area contributed by atoms with Crippen molar-refractivity contribution in [2.75, 3.05) is 7.11 Å². The van der Waals surface area contributed by atoms with Gasteiger partial charge in [0.2, 0.25) is 0 Å². The van der Waals surface area contributed by atoms with E-state index in [1.807, 2.05) is 67.6 Å². The number of aromatic nitrogens is 1. The van der Waals surface area contributed by atoms with Crippen LogP contribution in [0.5, 0.6) is 5.75 Å². The fraction of sp³-hybridized carbons (Fsp3) is 0.148. The molecule has 1 atom stereocenters. The zero-order valence-electron chi connectivity index (χ0n) is 18.3. The quantitative estimate of drug-likeness (QED) is 0.344. The molecule has 0 fully saturated rings. The number of carbonyl (C=O) groups is 1. The summed E-state index contributed by atoms with van der Waals surface area (Å²) in [5.41, 5.74) is 4.99. The Bertz CT molecular complexity index is 1390. The molecule has 0 bridgehead atoms. The number of aryl methyl sites for hydroxylation is 1. The lowest BCUT2D eigenvalue weighted by Gasteiger charge is -2.23. The summed E-state index contributed by atoms with van der Waals surface area (Å²) in [6, 6.07) is 24.7. The van der Waals surface area contributed by atoms with Crippen molar-refractivity contribution in [3.8, 4) is 5.75 Å². The smallest absolute Gasteiger partial charge is 0.274 e. The monoisotopic (exact) mass is 455 g/mol. The molecular weight excluding hydrogens is 434 g/mol.